The Balaban J connectivity index is 1.08. The molecule has 3 heterocycles. The summed E-state index contributed by atoms with van der Waals surface area (Å²) in [6, 6.07) is 16.9. The Kier molecular flexibility index (Phi) is 9.00. The molecule has 1 aliphatic heterocycles. The summed E-state index contributed by atoms with van der Waals surface area (Å²) < 4.78 is 42.4. The quantitative estimate of drug-likeness (QED) is 0.232. The first-order chi connectivity index (χ1) is 22.0. The molecule has 46 heavy (non-hydrogen) atoms. The fraction of sp³-hybridized carbons (Fsp3) is 0.324. The van der Waals surface area contributed by atoms with Crippen molar-refractivity contribution in [1.29, 1.82) is 0 Å². The molecule has 12 heteroatoms. The maximum Gasteiger partial charge on any atom is 0.283 e. The number of anilines is 1. The molecule has 2 aliphatic rings. The third-order valence-corrected chi connectivity index (χ3v) is 10.4. The molecule has 1 amide bonds. The van der Waals surface area contributed by atoms with E-state index < -0.39 is 21.7 Å². The minimum atomic E-state index is -4.19. The molecule has 4 aromatic rings. The van der Waals surface area contributed by atoms with Crippen LogP contribution >= 0.6 is 11.6 Å². The molecule has 1 aliphatic carbocycles. The van der Waals surface area contributed by atoms with Gasteiger partial charge in [0.2, 0.25) is 0 Å². The second kappa shape index (κ2) is 13.0. The van der Waals surface area contributed by atoms with Crippen molar-refractivity contribution in [3.05, 3.63) is 101 Å². The fourth-order valence-corrected chi connectivity index (χ4v) is 7.21. The van der Waals surface area contributed by atoms with Crippen LogP contribution in [0.15, 0.2) is 83.5 Å². The molecule has 9 nitrogen and oxygen atoms in total. The third kappa shape index (κ3) is 7.16. The number of amides is 1. The molecule has 0 unspecified atom stereocenters. The Morgan fingerprint density at radius 1 is 1.00 bits per heavy atom. The van der Waals surface area contributed by atoms with Crippen molar-refractivity contribution in [2.45, 2.75) is 38.0 Å². The van der Waals surface area contributed by atoms with Crippen molar-refractivity contribution in [2.75, 3.05) is 37.6 Å². The zero-order valence-corrected chi connectivity index (χ0v) is 27.3. The summed E-state index contributed by atoms with van der Waals surface area (Å²) in [5.41, 5.74) is 5.37. The summed E-state index contributed by atoms with van der Waals surface area (Å²) in [6.45, 7) is 9.02. The lowest BCUT2D eigenvalue weighted by molar-refractivity contribution is 0.0976. The van der Waals surface area contributed by atoms with Crippen LogP contribution in [0.3, 0.4) is 0 Å². The molecule has 0 radical (unpaired) electrons. The van der Waals surface area contributed by atoms with Crippen LogP contribution in [-0.4, -0.2) is 67.1 Å². The van der Waals surface area contributed by atoms with Crippen LogP contribution in [0.1, 0.15) is 49.2 Å². The number of aromatic amines is 1. The highest BCUT2D eigenvalue weighted by molar-refractivity contribution is 7.90. The number of halogens is 2. The highest BCUT2D eigenvalue weighted by atomic mass is 35.5. The lowest BCUT2D eigenvalue weighted by atomic mass is 9.72. The number of nitrogens with zero attached hydrogens (tertiary/aromatic N) is 4. The minimum absolute atomic E-state index is 0.0534. The molecule has 0 saturated carbocycles. The van der Waals surface area contributed by atoms with Crippen LogP contribution in [-0.2, 0) is 10.0 Å². The number of sulfonamides is 1. The van der Waals surface area contributed by atoms with Crippen molar-refractivity contribution in [2.24, 2.45) is 5.41 Å². The van der Waals surface area contributed by atoms with Gasteiger partial charge in [-0.15, -0.1) is 0 Å². The minimum Gasteiger partial charge on any atom is -0.369 e. The Hall–Kier alpha value is -4.06. The van der Waals surface area contributed by atoms with E-state index in [0.717, 1.165) is 68.4 Å². The number of carbonyl (C=O) groups is 1. The van der Waals surface area contributed by atoms with Crippen molar-refractivity contribution in [3.63, 3.8) is 0 Å². The van der Waals surface area contributed by atoms with E-state index in [1.54, 1.807) is 12.1 Å². The van der Waals surface area contributed by atoms with Gasteiger partial charge < -0.3 is 4.90 Å². The van der Waals surface area contributed by atoms with Crippen LogP contribution in [0.4, 0.5) is 10.1 Å². The first-order valence-corrected chi connectivity index (χ1v) is 17.1. The van der Waals surface area contributed by atoms with Gasteiger partial charge in [0.05, 0.1) is 11.1 Å². The SMILES string of the molecule is CC1(C)CCC(CN2CCN(c3ccc(S(=O)(=O)NC(=O)c4ccc(F)c(-c5cn[nH]c5)n4)cc3)CC2)=C(c2ccc(Cl)cc2)C1. The number of carbonyl (C=O) groups excluding carboxylic acids is 1. The summed E-state index contributed by atoms with van der Waals surface area (Å²) in [6.07, 6.45) is 6.09. The smallest absolute Gasteiger partial charge is 0.283 e. The number of allylic oxidation sites excluding steroid dienone is 1. The topological polar surface area (TPSA) is 111 Å². The molecule has 1 saturated heterocycles. The van der Waals surface area contributed by atoms with Gasteiger partial charge in [-0.25, -0.2) is 22.5 Å². The zero-order valence-electron chi connectivity index (χ0n) is 25.8. The van der Waals surface area contributed by atoms with E-state index >= 15 is 0 Å². The van der Waals surface area contributed by atoms with E-state index in [4.69, 9.17) is 11.6 Å². The highest BCUT2D eigenvalue weighted by Crippen LogP contribution is 2.43. The third-order valence-electron chi connectivity index (χ3n) is 8.75. The molecule has 2 aromatic carbocycles. The van der Waals surface area contributed by atoms with Gasteiger partial charge in [-0.2, -0.15) is 5.10 Å². The largest absolute Gasteiger partial charge is 0.369 e. The maximum atomic E-state index is 14.3. The fourth-order valence-electron chi connectivity index (χ4n) is 6.12. The van der Waals surface area contributed by atoms with Crippen LogP contribution in [0.25, 0.3) is 16.8 Å². The Morgan fingerprint density at radius 3 is 2.39 bits per heavy atom. The number of H-pyrrole nitrogens is 1. The van der Waals surface area contributed by atoms with E-state index in [-0.39, 0.29) is 21.7 Å². The number of piperazine rings is 1. The van der Waals surface area contributed by atoms with Gasteiger partial charge in [-0.05, 0) is 84.3 Å². The number of rotatable bonds is 8. The first kappa shape index (κ1) is 31.9. The van der Waals surface area contributed by atoms with E-state index in [1.807, 2.05) is 16.9 Å². The standard InChI is InChI=1S/C34H36ClFN6O3S/c1-34(2)14-13-24(29(19-34)23-3-5-26(35)6-4-23)22-41-15-17-42(18-16-41)27-7-9-28(10-8-27)46(44,45)40-33(43)31-12-11-30(36)32(39-31)25-20-37-38-21-25/h3-12,20-21H,13-19,22H2,1-2H3,(H,37,38)(H,40,43). The monoisotopic (exact) mass is 662 g/mol. The molecule has 0 spiro atoms. The van der Waals surface area contributed by atoms with Crippen molar-refractivity contribution < 1.29 is 17.6 Å². The number of benzene rings is 2. The van der Waals surface area contributed by atoms with Crippen molar-refractivity contribution >= 4 is 38.8 Å². The van der Waals surface area contributed by atoms with Gasteiger partial charge in [-0.1, -0.05) is 43.2 Å². The predicted octanol–water partition coefficient (Wildman–Crippen LogP) is 6.17. The average Bonchev–Trinajstić information content (AvgIpc) is 3.58. The van der Waals surface area contributed by atoms with Gasteiger partial charge in [-0.3, -0.25) is 14.8 Å². The van der Waals surface area contributed by atoms with E-state index in [1.165, 1.54) is 47.7 Å². The van der Waals surface area contributed by atoms with Gasteiger partial charge >= 0.3 is 0 Å². The molecule has 1 fully saturated rings. The molecule has 0 atom stereocenters. The van der Waals surface area contributed by atoms with E-state index in [9.17, 15) is 17.6 Å². The Morgan fingerprint density at radius 2 is 1.72 bits per heavy atom. The van der Waals surface area contributed by atoms with Crippen LogP contribution in [0, 0.1) is 11.2 Å². The molecule has 240 valence electrons. The van der Waals surface area contributed by atoms with Crippen LogP contribution in [0.5, 0.6) is 0 Å². The Bertz CT molecular complexity index is 1850. The van der Waals surface area contributed by atoms with Gasteiger partial charge in [0.15, 0.2) is 0 Å². The van der Waals surface area contributed by atoms with E-state index in [2.05, 4.69) is 51.0 Å². The van der Waals surface area contributed by atoms with Gasteiger partial charge in [0.1, 0.15) is 17.2 Å². The second-order valence-electron chi connectivity index (χ2n) is 12.6. The number of nitrogens with one attached hydrogen (secondary N) is 2. The summed E-state index contributed by atoms with van der Waals surface area (Å²) in [5.74, 6) is -1.61. The molecule has 2 N–H and O–H groups in total. The molecular weight excluding hydrogens is 627 g/mol. The lowest BCUT2D eigenvalue weighted by Crippen LogP contribution is -2.47. The van der Waals surface area contributed by atoms with Gasteiger partial charge in [0.25, 0.3) is 15.9 Å². The second-order valence-corrected chi connectivity index (χ2v) is 14.8. The normalized spacial score (nSPS) is 17.3. The van der Waals surface area contributed by atoms with Crippen molar-refractivity contribution in [1.82, 2.24) is 24.8 Å². The van der Waals surface area contributed by atoms with E-state index in [0.29, 0.717) is 5.56 Å². The van der Waals surface area contributed by atoms with Crippen LogP contribution in [0.2, 0.25) is 5.02 Å². The molecule has 0 bridgehead atoms. The Labute approximate surface area is 273 Å². The highest BCUT2D eigenvalue weighted by Gasteiger charge is 2.29. The number of hydrogen-bond acceptors (Lipinski definition) is 7. The van der Waals surface area contributed by atoms with Crippen LogP contribution < -0.4 is 9.62 Å². The average molecular weight is 663 g/mol. The maximum absolute atomic E-state index is 14.3. The molecule has 6 rings (SSSR count). The molecule has 2 aromatic heterocycles. The first-order valence-electron chi connectivity index (χ1n) is 15.2. The van der Waals surface area contributed by atoms with Gasteiger partial charge in [0, 0.05) is 55.2 Å². The summed E-state index contributed by atoms with van der Waals surface area (Å²) in [4.78, 5) is 21.5. The van der Waals surface area contributed by atoms with Crippen molar-refractivity contribution in [3.8, 4) is 11.3 Å². The summed E-state index contributed by atoms with van der Waals surface area (Å²) in [5, 5.41) is 7.06. The predicted molar refractivity (Wildman–Crippen MR) is 178 cm³/mol. The summed E-state index contributed by atoms with van der Waals surface area (Å²) >= 11 is 6.17. The number of hydrogen-bond donors (Lipinski definition) is 2. The number of aromatic nitrogens is 3. The summed E-state index contributed by atoms with van der Waals surface area (Å²) in [7, 11) is -4.19. The lowest BCUT2D eigenvalue weighted by Gasteiger charge is -2.39. The zero-order chi connectivity index (χ0) is 32.5. The molecular formula is C34H36ClFN6O3S. The number of pyridine rings is 1.